The lowest BCUT2D eigenvalue weighted by Gasteiger charge is -2.73. The molecule has 2 amide bonds. The van der Waals surface area contributed by atoms with Crippen molar-refractivity contribution in [1.29, 1.82) is 0 Å². The van der Waals surface area contributed by atoms with Crippen molar-refractivity contribution in [2.45, 2.75) is 177 Å². The SMILES string of the molecule is C=C(C)[C@@H]1CC[C@]2(CC(=O)NCC3CN(C(=O)OC(C)(C)C)CCO3)CC[C@]3(C)[C@H](CCC4[C@@]5(C)CC[C@H](OC(=O)CC(C)(C)CC(=O)O)C(C)(C)C5CC[C@]43C)[C@@H]12. The summed E-state index contributed by atoms with van der Waals surface area (Å²) in [5.74, 6) is 1.24. The second kappa shape index (κ2) is 15.7. The number of amides is 2. The third kappa shape index (κ3) is 8.23. The Kier molecular flexibility index (Phi) is 12.2. The normalized spacial score (nSPS) is 39.6. The molecule has 1 saturated heterocycles. The Morgan fingerprint density at radius 3 is 2.22 bits per heavy atom. The lowest BCUT2D eigenvalue weighted by Crippen LogP contribution is -2.67. The summed E-state index contributed by atoms with van der Waals surface area (Å²) >= 11 is 0. The van der Waals surface area contributed by atoms with Crippen LogP contribution in [-0.2, 0) is 28.6 Å². The molecule has 58 heavy (non-hydrogen) atoms. The van der Waals surface area contributed by atoms with E-state index >= 15 is 0 Å². The summed E-state index contributed by atoms with van der Waals surface area (Å²) in [6.07, 6.45) is 10.6. The maximum Gasteiger partial charge on any atom is 0.410 e. The molecule has 1 heterocycles. The third-order valence-corrected chi connectivity index (χ3v) is 17.5. The summed E-state index contributed by atoms with van der Waals surface area (Å²) in [5.41, 5.74) is 0.196. The van der Waals surface area contributed by atoms with Crippen molar-refractivity contribution >= 4 is 23.9 Å². The van der Waals surface area contributed by atoms with Crippen molar-refractivity contribution in [3.05, 3.63) is 12.2 Å². The predicted molar refractivity (Wildman–Crippen MR) is 225 cm³/mol. The standard InChI is InChI=1S/C48H78N2O8/c1-30(2)32-15-20-48(25-37(51)49-28-31-29-50(23-24-56-31)41(55)58-42(3,4)5)22-21-46(11)33(40(32)48)13-14-35-45(10)18-17-36(44(8,9)34(45)16-19-47(35,46)12)57-39(54)27-43(6,7)26-38(52)53/h31-36,40H,1,13-29H2,2-12H3,(H,49,51)(H,52,53)/t31?,32-,33+,34?,35?,36-,40+,45-,46+,47+,48+/m0/s1. The van der Waals surface area contributed by atoms with Gasteiger partial charge in [-0.2, -0.15) is 0 Å². The highest BCUT2D eigenvalue weighted by molar-refractivity contribution is 5.77. The van der Waals surface area contributed by atoms with Crippen LogP contribution in [0.4, 0.5) is 4.79 Å². The van der Waals surface area contributed by atoms with Crippen LogP contribution >= 0.6 is 0 Å². The van der Waals surface area contributed by atoms with Crippen LogP contribution in [0.1, 0.15) is 160 Å². The maximum absolute atomic E-state index is 14.0. The Balaban J connectivity index is 1.15. The Morgan fingerprint density at radius 1 is 0.862 bits per heavy atom. The average molecular weight is 811 g/mol. The van der Waals surface area contributed by atoms with Gasteiger partial charge in [0.25, 0.3) is 0 Å². The summed E-state index contributed by atoms with van der Waals surface area (Å²) in [4.78, 5) is 53.2. The van der Waals surface area contributed by atoms with Gasteiger partial charge in [0.15, 0.2) is 0 Å². The molecule has 328 valence electrons. The molecule has 1 aliphatic heterocycles. The molecule has 2 N–H and O–H groups in total. The van der Waals surface area contributed by atoms with E-state index in [2.05, 4.69) is 53.4 Å². The minimum absolute atomic E-state index is 0.0545. The number of fused-ring (bicyclic) bond motifs is 7. The van der Waals surface area contributed by atoms with Gasteiger partial charge in [0, 0.05) is 24.9 Å². The van der Waals surface area contributed by atoms with E-state index in [1.165, 1.54) is 18.4 Å². The Bertz CT molecular complexity index is 1620. The predicted octanol–water partition coefficient (Wildman–Crippen LogP) is 9.59. The van der Waals surface area contributed by atoms with Crippen molar-refractivity contribution in [3.8, 4) is 0 Å². The van der Waals surface area contributed by atoms with E-state index in [1.54, 1.807) is 4.90 Å². The molecule has 6 rings (SSSR count). The monoisotopic (exact) mass is 811 g/mol. The number of rotatable bonds is 10. The summed E-state index contributed by atoms with van der Waals surface area (Å²) in [7, 11) is 0. The van der Waals surface area contributed by atoms with Crippen molar-refractivity contribution in [2.24, 2.45) is 62.1 Å². The fourth-order valence-electron chi connectivity index (χ4n) is 14.8. The highest BCUT2D eigenvalue weighted by atomic mass is 16.6. The number of carboxylic acid groups (broad SMARTS) is 1. The average Bonchev–Trinajstić information content (AvgIpc) is 3.47. The molecule has 5 aliphatic carbocycles. The molecule has 0 aromatic rings. The Labute approximate surface area is 349 Å². The van der Waals surface area contributed by atoms with Gasteiger partial charge in [0.2, 0.25) is 5.91 Å². The fourth-order valence-corrected chi connectivity index (χ4v) is 14.8. The number of ether oxygens (including phenoxy) is 3. The molecule has 0 aromatic heterocycles. The van der Waals surface area contributed by atoms with E-state index in [1.807, 2.05) is 34.6 Å². The van der Waals surface area contributed by atoms with Crippen LogP contribution in [0.25, 0.3) is 0 Å². The smallest absolute Gasteiger partial charge is 0.410 e. The summed E-state index contributed by atoms with van der Waals surface area (Å²) in [5, 5.41) is 12.6. The first kappa shape index (κ1) is 44.9. The molecule has 0 radical (unpaired) electrons. The van der Waals surface area contributed by atoms with Crippen molar-refractivity contribution in [2.75, 3.05) is 26.2 Å². The summed E-state index contributed by atoms with van der Waals surface area (Å²) in [6, 6.07) is 0. The highest BCUT2D eigenvalue weighted by Gasteiger charge is 2.71. The topological polar surface area (TPSA) is 131 Å². The minimum atomic E-state index is -0.895. The molecule has 0 aromatic carbocycles. The van der Waals surface area contributed by atoms with E-state index in [0.717, 1.165) is 51.4 Å². The van der Waals surface area contributed by atoms with Crippen LogP contribution in [0.15, 0.2) is 12.2 Å². The number of allylic oxidation sites excluding steroid dienone is 1. The number of esters is 1. The first-order valence-electron chi connectivity index (χ1n) is 22.7. The number of carbonyl (C=O) groups excluding carboxylic acids is 3. The van der Waals surface area contributed by atoms with Gasteiger partial charge in [0.1, 0.15) is 11.7 Å². The third-order valence-electron chi connectivity index (χ3n) is 17.5. The number of hydrogen-bond donors (Lipinski definition) is 2. The number of nitrogens with one attached hydrogen (secondary N) is 1. The van der Waals surface area contributed by atoms with Crippen LogP contribution in [0, 0.1) is 62.1 Å². The van der Waals surface area contributed by atoms with E-state index in [4.69, 9.17) is 14.2 Å². The largest absolute Gasteiger partial charge is 0.481 e. The van der Waals surface area contributed by atoms with Gasteiger partial charge in [-0.1, -0.05) is 60.6 Å². The highest BCUT2D eigenvalue weighted by Crippen LogP contribution is 2.78. The Morgan fingerprint density at radius 2 is 1.57 bits per heavy atom. The van der Waals surface area contributed by atoms with Crippen LogP contribution in [0.5, 0.6) is 0 Å². The second-order valence-corrected chi connectivity index (χ2v) is 23.2. The molecular weight excluding hydrogens is 733 g/mol. The zero-order chi connectivity index (χ0) is 42.9. The van der Waals surface area contributed by atoms with Crippen molar-refractivity contribution in [1.82, 2.24) is 10.2 Å². The molecule has 0 spiro atoms. The molecule has 3 unspecified atom stereocenters. The molecule has 10 heteroatoms. The van der Waals surface area contributed by atoms with Gasteiger partial charge in [-0.15, -0.1) is 0 Å². The van der Waals surface area contributed by atoms with Gasteiger partial charge in [0.05, 0.1) is 32.1 Å². The molecule has 5 saturated carbocycles. The van der Waals surface area contributed by atoms with Gasteiger partial charge in [-0.3, -0.25) is 14.4 Å². The van der Waals surface area contributed by atoms with Gasteiger partial charge in [-0.25, -0.2) is 4.79 Å². The van der Waals surface area contributed by atoms with Gasteiger partial charge >= 0.3 is 18.0 Å². The quantitative estimate of drug-likeness (QED) is 0.165. The maximum atomic E-state index is 14.0. The molecule has 0 bridgehead atoms. The number of carbonyl (C=O) groups is 4. The molecule has 10 nitrogen and oxygen atoms in total. The first-order chi connectivity index (χ1) is 26.8. The summed E-state index contributed by atoms with van der Waals surface area (Å²) in [6.45, 7) is 30.2. The van der Waals surface area contributed by atoms with Crippen LogP contribution in [-0.4, -0.2) is 78.0 Å². The number of carboxylic acids is 1. The van der Waals surface area contributed by atoms with E-state index in [9.17, 15) is 24.3 Å². The van der Waals surface area contributed by atoms with Gasteiger partial charge < -0.3 is 29.5 Å². The lowest BCUT2D eigenvalue weighted by molar-refractivity contribution is -0.250. The fraction of sp³-hybridized carbons (Fsp3) is 0.875. The Hall–Kier alpha value is -2.62. The number of morpholine rings is 1. The van der Waals surface area contributed by atoms with Crippen LogP contribution in [0.2, 0.25) is 0 Å². The van der Waals surface area contributed by atoms with Crippen molar-refractivity contribution < 1.29 is 38.5 Å². The zero-order valence-corrected chi connectivity index (χ0v) is 38.0. The minimum Gasteiger partial charge on any atom is -0.481 e. The van der Waals surface area contributed by atoms with E-state index in [0.29, 0.717) is 62.3 Å². The molecule has 6 fully saturated rings. The second-order valence-electron chi connectivity index (χ2n) is 23.2. The lowest BCUT2D eigenvalue weighted by atomic mass is 9.32. The van der Waals surface area contributed by atoms with Gasteiger partial charge in [-0.05, 0) is 149 Å². The zero-order valence-electron chi connectivity index (χ0n) is 38.0. The number of nitrogens with zero attached hydrogens (tertiary/aromatic N) is 1. The molecule has 11 atom stereocenters. The van der Waals surface area contributed by atoms with E-state index < -0.39 is 17.0 Å². The summed E-state index contributed by atoms with van der Waals surface area (Å²) < 4.78 is 17.9. The van der Waals surface area contributed by atoms with Crippen LogP contribution < -0.4 is 5.32 Å². The van der Waals surface area contributed by atoms with E-state index in [-0.39, 0.29) is 70.1 Å². The number of hydrogen-bond acceptors (Lipinski definition) is 7. The van der Waals surface area contributed by atoms with Crippen LogP contribution in [0.3, 0.4) is 0 Å². The number of aliphatic carboxylic acids is 1. The first-order valence-corrected chi connectivity index (χ1v) is 22.7. The molecular formula is C48H78N2O8. The van der Waals surface area contributed by atoms with Crippen molar-refractivity contribution in [3.63, 3.8) is 0 Å². The molecule has 6 aliphatic rings.